The molecule has 3 fully saturated rings. The second kappa shape index (κ2) is 10.9. The van der Waals surface area contributed by atoms with E-state index in [0.717, 1.165) is 68.6 Å². The Morgan fingerprint density at radius 1 is 1.10 bits per heavy atom. The molecule has 4 heterocycles. The maximum atomic E-state index is 12.5. The van der Waals surface area contributed by atoms with Gasteiger partial charge < -0.3 is 14.5 Å². The maximum absolute atomic E-state index is 12.5. The summed E-state index contributed by atoms with van der Waals surface area (Å²) in [6.07, 6.45) is 3.93. The predicted molar refractivity (Wildman–Crippen MR) is 149 cm³/mol. The van der Waals surface area contributed by atoms with Crippen molar-refractivity contribution in [1.82, 2.24) is 24.9 Å². The molecule has 0 spiro atoms. The number of nitrogens with one attached hydrogen (secondary N) is 1. The van der Waals surface area contributed by atoms with Gasteiger partial charge in [-0.25, -0.2) is 4.79 Å². The minimum Gasteiger partial charge on any atom is -0.444 e. The Bertz CT molecular complexity index is 1240. The molecule has 9 heteroatoms. The molecule has 3 amide bonds. The van der Waals surface area contributed by atoms with Crippen molar-refractivity contribution in [1.29, 1.82) is 0 Å². The largest absolute Gasteiger partial charge is 0.444 e. The zero-order chi connectivity index (χ0) is 27.9. The van der Waals surface area contributed by atoms with Crippen LogP contribution in [0.2, 0.25) is 0 Å². The van der Waals surface area contributed by atoms with Crippen LogP contribution < -0.4 is 5.32 Å². The highest BCUT2D eigenvalue weighted by molar-refractivity contribution is 6.02. The van der Waals surface area contributed by atoms with Gasteiger partial charge in [-0.2, -0.15) is 5.10 Å². The minimum absolute atomic E-state index is 0.191. The first-order chi connectivity index (χ1) is 18.5. The fourth-order valence-corrected chi connectivity index (χ4v) is 6.51. The number of hydrogen-bond acceptors (Lipinski definition) is 6. The van der Waals surface area contributed by atoms with Gasteiger partial charge in [-0.3, -0.25) is 19.6 Å². The highest BCUT2D eigenvalue weighted by Gasteiger charge is 2.34. The molecule has 212 valence electrons. The SMILES string of the molecule is C[C@@H]1CN(C(=O)OC(C)(C)C)CC[C@@H]1CN1CCC(c2ccc3c(C4CCC(=O)NC4=O)nn(C)c3c2)CC1. The molecule has 3 atom stereocenters. The number of amides is 3. The summed E-state index contributed by atoms with van der Waals surface area (Å²) in [4.78, 5) is 41.0. The Morgan fingerprint density at radius 3 is 2.51 bits per heavy atom. The molecule has 3 aliphatic rings. The number of nitrogens with zero attached hydrogens (tertiary/aromatic N) is 4. The Hall–Kier alpha value is -2.94. The van der Waals surface area contributed by atoms with E-state index in [4.69, 9.17) is 9.84 Å². The maximum Gasteiger partial charge on any atom is 0.410 e. The van der Waals surface area contributed by atoms with E-state index in [9.17, 15) is 14.4 Å². The highest BCUT2D eigenvalue weighted by Crippen LogP contribution is 2.35. The number of imide groups is 1. The quantitative estimate of drug-likeness (QED) is 0.588. The second-order valence-electron chi connectivity index (χ2n) is 12.8. The van der Waals surface area contributed by atoms with Crippen LogP contribution in [0, 0.1) is 11.8 Å². The Labute approximate surface area is 231 Å². The molecule has 0 bridgehead atoms. The Kier molecular flexibility index (Phi) is 7.73. The smallest absolute Gasteiger partial charge is 0.410 e. The lowest BCUT2D eigenvalue weighted by Crippen LogP contribution is -2.48. The number of fused-ring (bicyclic) bond motifs is 1. The van der Waals surface area contributed by atoms with Gasteiger partial charge >= 0.3 is 6.09 Å². The van der Waals surface area contributed by atoms with Crippen LogP contribution in [-0.2, 0) is 21.4 Å². The molecule has 3 aliphatic heterocycles. The van der Waals surface area contributed by atoms with E-state index in [1.54, 1.807) is 0 Å². The van der Waals surface area contributed by atoms with Crippen LogP contribution in [0.15, 0.2) is 18.2 Å². The van der Waals surface area contributed by atoms with Gasteiger partial charge in [0, 0.05) is 38.5 Å². The van der Waals surface area contributed by atoms with E-state index in [1.807, 2.05) is 37.4 Å². The number of aryl methyl sites for hydroxylation is 1. The van der Waals surface area contributed by atoms with Gasteiger partial charge in [-0.05, 0) is 88.9 Å². The molecule has 3 saturated heterocycles. The number of ether oxygens (including phenoxy) is 1. The van der Waals surface area contributed by atoms with Crippen LogP contribution in [0.1, 0.15) is 82.9 Å². The zero-order valence-electron chi connectivity index (χ0n) is 24.0. The van der Waals surface area contributed by atoms with Crippen molar-refractivity contribution in [2.24, 2.45) is 18.9 Å². The first kappa shape index (κ1) is 27.6. The van der Waals surface area contributed by atoms with Crippen molar-refractivity contribution in [3.8, 4) is 0 Å². The van der Waals surface area contributed by atoms with Gasteiger partial charge in [0.2, 0.25) is 11.8 Å². The topological polar surface area (TPSA) is 96.8 Å². The lowest BCUT2D eigenvalue weighted by Gasteiger charge is -2.41. The number of carbonyl (C=O) groups is 3. The summed E-state index contributed by atoms with van der Waals surface area (Å²) < 4.78 is 7.45. The van der Waals surface area contributed by atoms with E-state index in [-0.39, 0.29) is 23.8 Å². The molecule has 0 aliphatic carbocycles. The predicted octanol–water partition coefficient (Wildman–Crippen LogP) is 4.17. The fraction of sp³-hybridized carbons (Fsp3) is 0.667. The number of carbonyl (C=O) groups excluding carboxylic acids is 3. The fourth-order valence-electron chi connectivity index (χ4n) is 6.51. The molecule has 0 saturated carbocycles. The Morgan fingerprint density at radius 2 is 1.85 bits per heavy atom. The van der Waals surface area contributed by atoms with Crippen LogP contribution in [0.4, 0.5) is 4.79 Å². The van der Waals surface area contributed by atoms with E-state index in [1.165, 1.54) is 5.56 Å². The van der Waals surface area contributed by atoms with Gasteiger partial charge in [0.05, 0.1) is 17.1 Å². The Balaban J connectivity index is 1.16. The van der Waals surface area contributed by atoms with Crippen LogP contribution in [0.25, 0.3) is 10.9 Å². The summed E-state index contributed by atoms with van der Waals surface area (Å²) in [6.45, 7) is 12.8. The van der Waals surface area contributed by atoms with Gasteiger partial charge in [0.1, 0.15) is 5.60 Å². The molecule has 1 aromatic heterocycles. The molecular formula is C30H43N5O4. The summed E-state index contributed by atoms with van der Waals surface area (Å²) in [5.74, 6) is 0.731. The summed E-state index contributed by atoms with van der Waals surface area (Å²) in [5.41, 5.74) is 2.68. The summed E-state index contributed by atoms with van der Waals surface area (Å²) in [7, 11) is 1.93. The number of hydrogen-bond donors (Lipinski definition) is 1. The monoisotopic (exact) mass is 537 g/mol. The highest BCUT2D eigenvalue weighted by atomic mass is 16.6. The second-order valence-corrected chi connectivity index (χ2v) is 12.8. The van der Waals surface area contributed by atoms with Crippen molar-refractivity contribution in [3.05, 3.63) is 29.5 Å². The zero-order valence-corrected chi connectivity index (χ0v) is 24.0. The third-order valence-corrected chi connectivity index (χ3v) is 8.76. The van der Waals surface area contributed by atoms with Crippen LogP contribution in [-0.4, -0.2) is 75.8 Å². The van der Waals surface area contributed by atoms with E-state index < -0.39 is 5.60 Å². The van der Waals surface area contributed by atoms with Crippen molar-refractivity contribution < 1.29 is 19.1 Å². The van der Waals surface area contributed by atoms with Gasteiger partial charge in [0.15, 0.2) is 0 Å². The van der Waals surface area contributed by atoms with Crippen molar-refractivity contribution in [2.75, 3.05) is 32.7 Å². The van der Waals surface area contributed by atoms with Crippen molar-refractivity contribution in [2.45, 2.75) is 77.2 Å². The molecule has 1 unspecified atom stereocenters. The standard InChI is InChI=1S/C30H43N5O4/c1-19-17-35(29(38)39-30(2,3)4)15-12-22(19)18-34-13-10-20(11-14-34)21-6-7-23-25(16-21)33(5)32-27(23)24-8-9-26(36)31-28(24)37/h6-7,16,19-20,22,24H,8-15,17-18H2,1-5H3,(H,31,36,37)/t19-,22-,24?/m1/s1. The summed E-state index contributed by atoms with van der Waals surface area (Å²) in [5, 5.41) is 8.16. The normalized spacial score (nSPS) is 25.7. The number of aromatic nitrogens is 2. The molecule has 1 aromatic carbocycles. The molecule has 39 heavy (non-hydrogen) atoms. The van der Waals surface area contributed by atoms with Gasteiger partial charge in [0.25, 0.3) is 0 Å². The molecular weight excluding hydrogens is 494 g/mol. The molecule has 2 aromatic rings. The average molecular weight is 538 g/mol. The average Bonchev–Trinajstić information content (AvgIpc) is 3.20. The number of rotatable bonds is 4. The van der Waals surface area contributed by atoms with Crippen LogP contribution >= 0.6 is 0 Å². The number of piperidine rings is 3. The van der Waals surface area contributed by atoms with Gasteiger partial charge in [-0.15, -0.1) is 0 Å². The van der Waals surface area contributed by atoms with Crippen LogP contribution in [0.5, 0.6) is 0 Å². The van der Waals surface area contributed by atoms with Gasteiger partial charge in [-0.1, -0.05) is 19.1 Å². The third-order valence-electron chi connectivity index (χ3n) is 8.76. The van der Waals surface area contributed by atoms with E-state index >= 15 is 0 Å². The first-order valence-corrected chi connectivity index (χ1v) is 14.5. The first-order valence-electron chi connectivity index (χ1n) is 14.5. The molecule has 1 N–H and O–H groups in total. The number of likely N-dealkylation sites (tertiary alicyclic amines) is 2. The molecule has 9 nitrogen and oxygen atoms in total. The van der Waals surface area contributed by atoms with Crippen LogP contribution in [0.3, 0.4) is 0 Å². The minimum atomic E-state index is -0.460. The summed E-state index contributed by atoms with van der Waals surface area (Å²) >= 11 is 0. The van der Waals surface area contributed by atoms with Crippen molar-refractivity contribution in [3.63, 3.8) is 0 Å². The number of benzene rings is 1. The lowest BCUT2D eigenvalue weighted by atomic mass is 9.84. The van der Waals surface area contributed by atoms with E-state index in [0.29, 0.717) is 30.6 Å². The third kappa shape index (κ3) is 6.13. The van der Waals surface area contributed by atoms with E-state index in [2.05, 4.69) is 35.3 Å². The summed E-state index contributed by atoms with van der Waals surface area (Å²) in [6, 6.07) is 6.56. The lowest BCUT2D eigenvalue weighted by molar-refractivity contribution is -0.134. The van der Waals surface area contributed by atoms with Crippen molar-refractivity contribution >= 4 is 28.8 Å². The molecule has 0 radical (unpaired) electrons. The molecule has 5 rings (SSSR count).